The van der Waals surface area contributed by atoms with Crippen LogP contribution in [0.5, 0.6) is 5.75 Å². The largest absolute Gasteiger partial charge is 0.488 e. The van der Waals surface area contributed by atoms with Crippen LogP contribution in [0.1, 0.15) is 65.5 Å². The number of benzene rings is 2. The zero-order valence-corrected chi connectivity index (χ0v) is 25.1. The third-order valence-corrected chi connectivity index (χ3v) is 6.20. The molecular formula is C32H44N2O7. The van der Waals surface area contributed by atoms with Crippen molar-refractivity contribution in [1.29, 1.82) is 0 Å². The lowest BCUT2D eigenvalue weighted by Gasteiger charge is -2.34. The van der Waals surface area contributed by atoms with Crippen LogP contribution in [0.25, 0.3) is 0 Å². The van der Waals surface area contributed by atoms with Crippen molar-refractivity contribution in [2.24, 2.45) is 0 Å². The number of hydrogen-bond donors (Lipinski definition) is 1. The lowest BCUT2D eigenvalue weighted by Crippen LogP contribution is -2.52. The number of rotatable bonds is 10. The minimum Gasteiger partial charge on any atom is -0.488 e. The van der Waals surface area contributed by atoms with E-state index in [0.29, 0.717) is 32.4 Å². The molecule has 224 valence electrons. The summed E-state index contributed by atoms with van der Waals surface area (Å²) in [4.78, 5) is 40.1. The number of piperidine rings is 1. The Labute approximate surface area is 243 Å². The highest BCUT2D eigenvalue weighted by molar-refractivity contribution is 5.86. The molecule has 41 heavy (non-hydrogen) atoms. The standard InChI is InChI=1S/C32H44N2O7/c1-31(2,3)40-26-14-12-23(13-15-26)20-27(33-30(37)39-21-24-10-8-7-9-11-24)29(36)34-18-16-25(17-19-34)38-22-28(35)41-32(4,5)6/h7-15,25,27H,16-22H2,1-6H3,(H,33,37)/t27-/m0/s1. The smallest absolute Gasteiger partial charge is 0.408 e. The number of amides is 2. The SMILES string of the molecule is CC(C)(C)OC(=O)COC1CCN(C(=O)[C@H](Cc2ccc(OC(C)(C)C)cc2)NC(=O)OCc2ccccc2)CC1. The molecule has 0 unspecified atom stereocenters. The van der Waals surface area contributed by atoms with Gasteiger partial charge in [-0.15, -0.1) is 0 Å². The van der Waals surface area contributed by atoms with Gasteiger partial charge in [-0.2, -0.15) is 0 Å². The average molecular weight is 569 g/mol. The van der Waals surface area contributed by atoms with Crippen LogP contribution in [0.3, 0.4) is 0 Å². The molecule has 2 amide bonds. The minimum atomic E-state index is -0.813. The molecular weight excluding hydrogens is 524 g/mol. The van der Waals surface area contributed by atoms with E-state index >= 15 is 0 Å². The van der Waals surface area contributed by atoms with Crippen molar-refractivity contribution in [2.75, 3.05) is 19.7 Å². The van der Waals surface area contributed by atoms with Crippen LogP contribution in [-0.4, -0.2) is 65.9 Å². The monoisotopic (exact) mass is 568 g/mol. The van der Waals surface area contributed by atoms with E-state index in [1.807, 2.05) is 96.1 Å². The van der Waals surface area contributed by atoms with Crippen molar-refractivity contribution in [3.05, 3.63) is 65.7 Å². The molecule has 0 spiro atoms. The molecule has 2 aromatic carbocycles. The molecule has 3 rings (SSSR count). The summed E-state index contributed by atoms with van der Waals surface area (Å²) in [5, 5.41) is 2.78. The fraction of sp³-hybridized carbons (Fsp3) is 0.531. The van der Waals surface area contributed by atoms with Gasteiger partial charge in [0.15, 0.2) is 0 Å². The number of ether oxygens (including phenoxy) is 4. The van der Waals surface area contributed by atoms with Gasteiger partial charge in [0, 0.05) is 19.5 Å². The third-order valence-electron chi connectivity index (χ3n) is 6.20. The van der Waals surface area contributed by atoms with Crippen molar-refractivity contribution < 1.29 is 33.3 Å². The number of nitrogens with zero attached hydrogens (tertiary/aromatic N) is 1. The van der Waals surface area contributed by atoms with E-state index in [2.05, 4.69) is 5.32 Å². The topological polar surface area (TPSA) is 103 Å². The summed E-state index contributed by atoms with van der Waals surface area (Å²) in [6.07, 6.45) is 0.654. The van der Waals surface area contributed by atoms with Crippen LogP contribution in [0.15, 0.2) is 54.6 Å². The van der Waals surface area contributed by atoms with Gasteiger partial charge < -0.3 is 29.2 Å². The number of nitrogens with one attached hydrogen (secondary N) is 1. The highest BCUT2D eigenvalue weighted by Gasteiger charge is 2.31. The Hall–Kier alpha value is -3.59. The first-order chi connectivity index (χ1) is 19.3. The van der Waals surface area contributed by atoms with Gasteiger partial charge >= 0.3 is 12.1 Å². The molecule has 0 aliphatic carbocycles. The molecule has 0 saturated carbocycles. The summed E-state index contributed by atoms with van der Waals surface area (Å²) >= 11 is 0. The zero-order chi connectivity index (χ0) is 30.0. The fourth-order valence-electron chi connectivity index (χ4n) is 4.41. The molecule has 1 atom stereocenters. The van der Waals surface area contributed by atoms with Gasteiger partial charge in [-0.05, 0) is 77.6 Å². The van der Waals surface area contributed by atoms with Crippen LogP contribution in [-0.2, 0) is 36.8 Å². The first kappa shape index (κ1) is 31.9. The Kier molecular flexibility index (Phi) is 11.2. The second kappa shape index (κ2) is 14.3. The van der Waals surface area contributed by atoms with E-state index in [1.54, 1.807) is 4.90 Å². The Morgan fingerprint density at radius 2 is 1.51 bits per heavy atom. The number of alkyl carbamates (subject to hydrolysis) is 1. The number of carbonyl (C=O) groups excluding carboxylic acids is 3. The molecule has 1 N–H and O–H groups in total. The van der Waals surface area contributed by atoms with E-state index in [0.717, 1.165) is 16.9 Å². The Bertz CT molecular complexity index is 1130. The minimum absolute atomic E-state index is 0.104. The molecule has 1 fully saturated rings. The van der Waals surface area contributed by atoms with Crippen LogP contribution in [0.2, 0.25) is 0 Å². The van der Waals surface area contributed by atoms with E-state index in [9.17, 15) is 14.4 Å². The van der Waals surface area contributed by atoms with Crippen molar-refractivity contribution in [3.8, 4) is 5.75 Å². The second-order valence-corrected chi connectivity index (χ2v) is 12.2. The summed E-state index contributed by atoms with van der Waals surface area (Å²) in [6, 6.07) is 16.1. The van der Waals surface area contributed by atoms with Crippen molar-refractivity contribution in [2.45, 2.75) is 90.8 Å². The molecule has 0 bridgehead atoms. The lowest BCUT2D eigenvalue weighted by atomic mass is 10.0. The summed E-state index contributed by atoms with van der Waals surface area (Å²) < 4.78 is 22.4. The van der Waals surface area contributed by atoms with Crippen molar-refractivity contribution in [1.82, 2.24) is 10.2 Å². The van der Waals surface area contributed by atoms with E-state index in [1.165, 1.54) is 0 Å². The van der Waals surface area contributed by atoms with Crippen LogP contribution < -0.4 is 10.1 Å². The Morgan fingerprint density at radius 3 is 2.10 bits per heavy atom. The average Bonchev–Trinajstić information content (AvgIpc) is 2.90. The molecule has 1 saturated heterocycles. The maximum atomic E-state index is 13.6. The predicted molar refractivity (Wildman–Crippen MR) is 155 cm³/mol. The van der Waals surface area contributed by atoms with E-state index in [4.69, 9.17) is 18.9 Å². The Morgan fingerprint density at radius 1 is 0.878 bits per heavy atom. The highest BCUT2D eigenvalue weighted by Crippen LogP contribution is 2.21. The summed E-state index contributed by atoms with van der Waals surface area (Å²) in [5.74, 6) is 0.128. The molecule has 0 radical (unpaired) electrons. The normalized spacial score (nSPS) is 15.1. The van der Waals surface area contributed by atoms with Crippen molar-refractivity contribution >= 4 is 18.0 Å². The van der Waals surface area contributed by atoms with Gasteiger partial charge in [0.25, 0.3) is 0 Å². The Balaban J connectivity index is 1.60. The number of likely N-dealkylation sites (tertiary alicyclic amines) is 1. The van der Waals surface area contributed by atoms with E-state index in [-0.39, 0.29) is 30.8 Å². The lowest BCUT2D eigenvalue weighted by molar-refractivity contribution is -0.163. The van der Waals surface area contributed by atoms with Crippen LogP contribution in [0.4, 0.5) is 4.79 Å². The van der Waals surface area contributed by atoms with Gasteiger partial charge in [0.1, 0.15) is 36.2 Å². The fourth-order valence-corrected chi connectivity index (χ4v) is 4.41. The maximum Gasteiger partial charge on any atom is 0.408 e. The molecule has 9 nitrogen and oxygen atoms in total. The third kappa shape index (κ3) is 11.8. The summed E-state index contributed by atoms with van der Waals surface area (Å²) in [5.41, 5.74) is 0.838. The number of carbonyl (C=O) groups is 3. The van der Waals surface area contributed by atoms with Gasteiger partial charge in [-0.1, -0.05) is 42.5 Å². The second-order valence-electron chi connectivity index (χ2n) is 12.2. The summed E-state index contributed by atoms with van der Waals surface area (Å²) in [7, 11) is 0. The van der Waals surface area contributed by atoms with Gasteiger partial charge in [-0.25, -0.2) is 9.59 Å². The zero-order valence-electron chi connectivity index (χ0n) is 25.1. The predicted octanol–water partition coefficient (Wildman–Crippen LogP) is 5.05. The molecule has 0 aromatic heterocycles. The quantitative estimate of drug-likeness (QED) is 0.400. The van der Waals surface area contributed by atoms with Gasteiger partial charge in [0.05, 0.1) is 6.10 Å². The molecule has 2 aromatic rings. The maximum absolute atomic E-state index is 13.6. The van der Waals surface area contributed by atoms with Gasteiger partial charge in [-0.3, -0.25) is 4.79 Å². The van der Waals surface area contributed by atoms with Crippen LogP contribution in [0, 0.1) is 0 Å². The van der Waals surface area contributed by atoms with Gasteiger partial charge in [0.2, 0.25) is 5.91 Å². The highest BCUT2D eigenvalue weighted by atomic mass is 16.6. The van der Waals surface area contributed by atoms with Crippen LogP contribution >= 0.6 is 0 Å². The molecule has 1 aliphatic rings. The summed E-state index contributed by atoms with van der Waals surface area (Å²) in [6.45, 7) is 12.3. The molecule has 1 aliphatic heterocycles. The van der Waals surface area contributed by atoms with Crippen molar-refractivity contribution in [3.63, 3.8) is 0 Å². The van der Waals surface area contributed by atoms with E-state index < -0.39 is 23.7 Å². The first-order valence-corrected chi connectivity index (χ1v) is 14.1. The molecule has 9 heteroatoms. The number of esters is 1. The molecule has 1 heterocycles. The first-order valence-electron chi connectivity index (χ1n) is 14.1. The number of hydrogen-bond acceptors (Lipinski definition) is 7.